The van der Waals surface area contributed by atoms with Crippen molar-refractivity contribution in [3.8, 4) is 0 Å². The molecule has 130 valence electrons. The lowest BCUT2D eigenvalue weighted by atomic mass is 9.89. The molecule has 0 radical (unpaired) electrons. The molecule has 1 amide bonds. The van der Waals surface area contributed by atoms with Gasteiger partial charge in [0.05, 0.1) is 0 Å². The molecule has 1 aromatic rings. The Kier molecular flexibility index (Phi) is 5.67. The summed E-state index contributed by atoms with van der Waals surface area (Å²) < 4.78 is 0. The molecular weight excluding hydrogens is 300 g/mol. The average molecular weight is 328 g/mol. The summed E-state index contributed by atoms with van der Waals surface area (Å²) in [4.78, 5) is 24.5. The fraction of sp³-hybridized carbons (Fsp3) is 0.600. The number of ketones is 1. The Hall–Kier alpha value is -1.68. The molecule has 4 heteroatoms. The monoisotopic (exact) mass is 328 g/mol. The topological polar surface area (TPSA) is 58.2 Å². The van der Waals surface area contributed by atoms with Crippen molar-refractivity contribution in [1.82, 2.24) is 10.6 Å². The van der Waals surface area contributed by atoms with Gasteiger partial charge in [-0.25, -0.2) is 0 Å². The average Bonchev–Trinajstić information content (AvgIpc) is 2.59. The molecule has 0 bridgehead atoms. The van der Waals surface area contributed by atoms with E-state index in [-0.39, 0.29) is 24.2 Å². The fourth-order valence-electron chi connectivity index (χ4n) is 3.84. The van der Waals surface area contributed by atoms with Gasteiger partial charge in [-0.05, 0) is 69.2 Å². The predicted octanol–water partition coefficient (Wildman–Crippen LogP) is 2.79. The van der Waals surface area contributed by atoms with Gasteiger partial charge in [0.15, 0.2) is 5.78 Å². The van der Waals surface area contributed by atoms with Crippen LogP contribution in [-0.4, -0.2) is 30.3 Å². The zero-order chi connectivity index (χ0) is 16.9. The van der Waals surface area contributed by atoms with E-state index in [2.05, 4.69) is 23.6 Å². The maximum Gasteiger partial charge on any atom is 0.220 e. The summed E-state index contributed by atoms with van der Waals surface area (Å²) in [5, 5.41) is 6.45. The molecule has 0 aromatic heterocycles. The molecule has 24 heavy (non-hydrogen) atoms. The van der Waals surface area contributed by atoms with E-state index in [1.807, 2.05) is 12.1 Å². The van der Waals surface area contributed by atoms with Crippen molar-refractivity contribution in [2.45, 2.75) is 70.4 Å². The number of hydrogen-bond acceptors (Lipinski definition) is 3. The summed E-state index contributed by atoms with van der Waals surface area (Å²) in [6.45, 7) is 3.08. The fourth-order valence-corrected chi connectivity index (χ4v) is 3.84. The zero-order valence-corrected chi connectivity index (χ0v) is 14.6. The number of hydrogen-bond donors (Lipinski definition) is 2. The van der Waals surface area contributed by atoms with Gasteiger partial charge in [0.25, 0.3) is 0 Å². The first-order chi connectivity index (χ1) is 11.6. The molecule has 1 aliphatic heterocycles. The molecule has 1 heterocycles. The minimum atomic E-state index is 0.000380. The first-order valence-corrected chi connectivity index (χ1v) is 9.29. The Balaban J connectivity index is 1.49. The number of aryl methyl sites for hydroxylation is 2. The molecule has 2 N–H and O–H groups in total. The molecule has 2 aliphatic rings. The summed E-state index contributed by atoms with van der Waals surface area (Å²) in [5.74, 6) is 0.0811. The minimum Gasteiger partial charge on any atom is -0.353 e. The van der Waals surface area contributed by atoms with Crippen LogP contribution in [0.3, 0.4) is 0 Å². The van der Waals surface area contributed by atoms with Crippen molar-refractivity contribution in [2.24, 2.45) is 0 Å². The third kappa shape index (κ3) is 4.44. The molecule has 3 rings (SSSR count). The summed E-state index contributed by atoms with van der Waals surface area (Å²) in [5.41, 5.74) is 3.47. The van der Waals surface area contributed by atoms with Crippen LogP contribution in [0.1, 0.15) is 66.9 Å². The number of carbonyl (C=O) groups excluding carboxylic acids is 2. The minimum absolute atomic E-state index is 0.000380. The number of carbonyl (C=O) groups is 2. The van der Waals surface area contributed by atoms with Crippen molar-refractivity contribution in [1.29, 1.82) is 0 Å². The highest BCUT2D eigenvalue weighted by Gasteiger charge is 2.20. The second-order valence-corrected chi connectivity index (χ2v) is 7.26. The number of piperidine rings is 1. The van der Waals surface area contributed by atoms with Gasteiger partial charge in [-0.2, -0.15) is 0 Å². The highest BCUT2D eigenvalue weighted by atomic mass is 16.2. The van der Waals surface area contributed by atoms with Gasteiger partial charge in [-0.3, -0.25) is 9.59 Å². The Morgan fingerprint density at radius 1 is 1.17 bits per heavy atom. The Morgan fingerprint density at radius 3 is 2.75 bits per heavy atom. The van der Waals surface area contributed by atoms with Gasteiger partial charge in [0, 0.05) is 30.5 Å². The van der Waals surface area contributed by atoms with E-state index in [4.69, 9.17) is 0 Å². The normalized spacial score (nSPS) is 23.4. The smallest absolute Gasteiger partial charge is 0.220 e. The molecule has 2 unspecified atom stereocenters. The van der Waals surface area contributed by atoms with Crippen molar-refractivity contribution in [3.05, 3.63) is 34.9 Å². The van der Waals surface area contributed by atoms with Gasteiger partial charge in [0.2, 0.25) is 5.91 Å². The Bertz CT molecular complexity index is 612. The third-order valence-electron chi connectivity index (χ3n) is 5.24. The van der Waals surface area contributed by atoms with Gasteiger partial charge in [-0.15, -0.1) is 0 Å². The highest BCUT2D eigenvalue weighted by Crippen LogP contribution is 2.23. The second-order valence-electron chi connectivity index (χ2n) is 7.26. The largest absolute Gasteiger partial charge is 0.353 e. The maximum absolute atomic E-state index is 12.4. The highest BCUT2D eigenvalue weighted by molar-refractivity contribution is 5.98. The number of nitrogens with one attached hydrogen (secondary N) is 2. The predicted molar refractivity (Wildman–Crippen MR) is 95.3 cm³/mol. The van der Waals surface area contributed by atoms with E-state index >= 15 is 0 Å². The molecular formula is C20H28N2O2. The molecule has 2 atom stereocenters. The van der Waals surface area contributed by atoms with E-state index in [9.17, 15) is 9.59 Å². The molecule has 1 fully saturated rings. The summed E-state index contributed by atoms with van der Waals surface area (Å²) in [6.07, 6.45) is 7.17. The van der Waals surface area contributed by atoms with Gasteiger partial charge >= 0.3 is 0 Å². The Morgan fingerprint density at radius 2 is 1.96 bits per heavy atom. The summed E-state index contributed by atoms with van der Waals surface area (Å²) >= 11 is 0. The number of benzene rings is 1. The van der Waals surface area contributed by atoms with Crippen molar-refractivity contribution in [3.63, 3.8) is 0 Å². The Labute approximate surface area is 144 Å². The van der Waals surface area contributed by atoms with E-state index in [1.54, 1.807) is 0 Å². The van der Waals surface area contributed by atoms with Crippen molar-refractivity contribution >= 4 is 11.7 Å². The van der Waals surface area contributed by atoms with Crippen LogP contribution >= 0.6 is 0 Å². The van der Waals surface area contributed by atoms with Crippen molar-refractivity contribution < 1.29 is 9.59 Å². The number of amides is 1. The molecule has 4 nitrogen and oxygen atoms in total. The van der Waals surface area contributed by atoms with Gasteiger partial charge in [0.1, 0.15) is 0 Å². The first-order valence-electron chi connectivity index (χ1n) is 9.29. The second kappa shape index (κ2) is 7.93. The van der Waals surface area contributed by atoms with Crippen LogP contribution in [0.25, 0.3) is 0 Å². The number of rotatable bonds is 5. The maximum atomic E-state index is 12.4. The SMILES string of the molecule is CC1CC(NC(=O)CCC(=O)c2ccc3c(c2)CCCC3)CCN1. The van der Waals surface area contributed by atoms with E-state index < -0.39 is 0 Å². The number of Topliss-reactive ketones (excluding diaryl/α,β-unsaturated/α-hetero) is 1. The summed E-state index contributed by atoms with van der Waals surface area (Å²) in [6, 6.07) is 6.76. The zero-order valence-electron chi connectivity index (χ0n) is 14.6. The molecule has 0 spiro atoms. The van der Waals surface area contributed by atoms with Crippen LogP contribution in [0.15, 0.2) is 18.2 Å². The lowest BCUT2D eigenvalue weighted by Gasteiger charge is -2.28. The molecule has 0 saturated carbocycles. The van der Waals surface area contributed by atoms with E-state index in [0.29, 0.717) is 12.5 Å². The first kappa shape index (κ1) is 17.2. The molecule has 1 saturated heterocycles. The van der Waals surface area contributed by atoms with Crippen molar-refractivity contribution in [2.75, 3.05) is 6.54 Å². The van der Waals surface area contributed by atoms with Crippen LogP contribution in [-0.2, 0) is 17.6 Å². The van der Waals surface area contributed by atoms with Crippen LogP contribution in [0.5, 0.6) is 0 Å². The quantitative estimate of drug-likeness (QED) is 0.817. The molecule has 1 aromatic carbocycles. The van der Waals surface area contributed by atoms with Gasteiger partial charge in [-0.1, -0.05) is 12.1 Å². The standard InChI is InChI=1S/C20H28N2O2/c1-14-12-18(10-11-21-14)22-20(24)9-8-19(23)17-7-6-15-4-2-3-5-16(15)13-17/h6-7,13-14,18,21H,2-5,8-12H2,1H3,(H,22,24). The van der Waals surface area contributed by atoms with Crippen LogP contribution in [0.4, 0.5) is 0 Å². The molecule has 1 aliphatic carbocycles. The van der Waals surface area contributed by atoms with Crippen LogP contribution in [0.2, 0.25) is 0 Å². The van der Waals surface area contributed by atoms with Crippen LogP contribution < -0.4 is 10.6 Å². The number of fused-ring (bicyclic) bond motifs is 1. The lowest BCUT2D eigenvalue weighted by Crippen LogP contribution is -2.46. The van der Waals surface area contributed by atoms with E-state index in [0.717, 1.165) is 37.8 Å². The third-order valence-corrected chi connectivity index (χ3v) is 5.24. The summed E-state index contributed by atoms with van der Waals surface area (Å²) in [7, 11) is 0. The lowest BCUT2D eigenvalue weighted by molar-refractivity contribution is -0.122. The van der Waals surface area contributed by atoms with Gasteiger partial charge < -0.3 is 10.6 Å². The van der Waals surface area contributed by atoms with E-state index in [1.165, 1.54) is 24.0 Å². The van der Waals surface area contributed by atoms with Crippen LogP contribution in [0, 0.1) is 0 Å².